The molecule has 1 atom stereocenters. The molecule has 3 heteroatoms. The molecule has 21 heavy (non-hydrogen) atoms. The molecule has 0 amide bonds. The van der Waals surface area contributed by atoms with E-state index in [-0.39, 0.29) is 11.5 Å². The SMILES string of the molecule is CN1C(N)=NCC1(C)C(c1ccccc1)c1ccccc1. The van der Waals surface area contributed by atoms with Crippen LogP contribution in [0.1, 0.15) is 24.0 Å². The zero-order valence-corrected chi connectivity index (χ0v) is 12.5. The zero-order chi connectivity index (χ0) is 14.9. The Morgan fingerprint density at radius 1 is 1.00 bits per heavy atom. The average molecular weight is 279 g/mol. The van der Waals surface area contributed by atoms with E-state index in [1.807, 2.05) is 7.05 Å². The number of likely N-dealkylation sites (N-methyl/N-ethyl adjacent to an activating group) is 1. The van der Waals surface area contributed by atoms with Crippen molar-refractivity contribution in [3.05, 3.63) is 71.8 Å². The Morgan fingerprint density at radius 2 is 1.48 bits per heavy atom. The van der Waals surface area contributed by atoms with Crippen LogP contribution in [-0.2, 0) is 0 Å². The fourth-order valence-corrected chi connectivity index (χ4v) is 3.20. The lowest BCUT2D eigenvalue weighted by molar-refractivity contribution is 0.232. The smallest absolute Gasteiger partial charge is 0.191 e. The van der Waals surface area contributed by atoms with Crippen molar-refractivity contribution in [2.24, 2.45) is 10.7 Å². The molecule has 1 unspecified atom stereocenters. The summed E-state index contributed by atoms with van der Waals surface area (Å²) in [5, 5.41) is 0. The van der Waals surface area contributed by atoms with Crippen molar-refractivity contribution in [3.8, 4) is 0 Å². The Kier molecular flexibility index (Phi) is 3.42. The summed E-state index contributed by atoms with van der Waals surface area (Å²) in [7, 11) is 2.03. The minimum absolute atomic E-state index is 0.146. The molecule has 0 aliphatic carbocycles. The minimum Gasteiger partial charge on any atom is -0.370 e. The topological polar surface area (TPSA) is 41.6 Å². The highest BCUT2D eigenvalue weighted by molar-refractivity contribution is 5.81. The molecule has 0 aromatic heterocycles. The summed E-state index contributed by atoms with van der Waals surface area (Å²) in [6.07, 6.45) is 0. The standard InChI is InChI=1S/C18H21N3/c1-18(13-20-17(19)21(18)2)16(14-9-5-3-6-10-14)15-11-7-4-8-12-15/h3-12,16H,13H2,1-2H3,(H2,19,20). The summed E-state index contributed by atoms with van der Waals surface area (Å²) in [5.74, 6) is 0.851. The van der Waals surface area contributed by atoms with Crippen molar-refractivity contribution >= 4 is 5.96 Å². The van der Waals surface area contributed by atoms with Crippen LogP contribution in [0.25, 0.3) is 0 Å². The van der Waals surface area contributed by atoms with E-state index < -0.39 is 0 Å². The van der Waals surface area contributed by atoms with Gasteiger partial charge in [-0.3, -0.25) is 4.99 Å². The summed E-state index contributed by atoms with van der Waals surface area (Å²) in [4.78, 5) is 6.57. The van der Waals surface area contributed by atoms with Crippen molar-refractivity contribution in [2.75, 3.05) is 13.6 Å². The molecule has 2 N–H and O–H groups in total. The van der Waals surface area contributed by atoms with Gasteiger partial charge in [-0.25, -0.2) is 0 Å². The third-order valence-corrected chi connectivity index (χ3v) is 4.56. The van der Waals surface area contributed by atoms with Crippen LogP contribution in [0.2, 0.25) is 0 Å². The van der Waals surface area contributed by atoms with Crippen LogP contribution in [0, 0.1) is 0 Å². The van der Waals surface area contributed by atoms with Gasteiger partial charge in [0.1, 0.15) is 0 Å². The van der Waals surface area contributed by atoms with Crippen molar-refractivity contribution in [3.63, 3.8) is 0 Å². The summed E-state index contributed by atoms with van der Waals surface area (Å²) in [6, 6.07) is 21.2. The van der Waals surface area contributed by atoms with Crippen molar-refractivity contribution in [1.29, 1.82) is 0 Å². The average Bonchev–Trinajstić information content (AvgIpc) is 2.78. The van der Waals surface area contributed by atoms with Crippen molar-refractivity contribution in [2.45, 2.75) is 18.4 Å². The molecule has 108 valence electrons. The number of hydrogen-bond donors (Lipinski definition) is 1. The first-order chi connectivity index (χ1) is 10.1. The molecule has 3 rings (SSSR count). The second-order valence-corrected chi connectivity index (χ2v) is 5.84. The van der Waals surface area contributed by atoms with E-state index in [1.165, 1.54) is 11.1 Å². The lowest BCUT2D eigenvalue weighted by atomic mass is 9.75. The molecular weight excluding hydrogens is 258 g/mol. The summed E-state index contributed by atoms with van der Waals surface area (Å²) < 4.78 is 0. The Balaban J connectivity index is 2.10. The van der Waals surface area contributed by atoms with E-state index in [1.54, 1.807) is 0 Å². The van der Waals surface area contributed by atoms with E-state index in [4.69, 9.17) is 5.73 Å². The monoisotopic (exact) mass is 279 g/mol. The fraction of sp³-hybridized carbons (Fsp3) is 0.278. The second-order valence-electron chi connectivity index (χ2n) is 5.84. The number of aliphatic imine (C=N–C) groups is 1. The molecule has 1 heterocycles. The van der Waals surface area contributed by atoms with Crippen LogP contribution in [0.4, 0.5) is 0 Å². The van der Waals surface area contributed by atoms with E-state index >= 15 is 0 Å². The molecule has 0 radical (unpaired) electrons. The highest BCUT2D eigenvalue weighted by Gasteiger charge is 2.43. The highest BCUT2D eigenvalue weighted by Crippen LogP contribution is 2.40. The third-order valence-electron chi connectivity index (χ3n) is 4.56. The van der Waals surface area contributed by atoms with Gasteiger partial charge in [0.05, 0.1) is 12.1 Å². The van der Waals surface area contributed by atoms with Gasteiger partial charge in [0.15, 0.2) is 5.96 Å². The van der Waals surface area contributed by atoms with Gasteiger partial charge in [0.2, 0.25) is 0 Å². The Bertz CT molecular complexity index is 597. The van der Waals surface area contributed by atoms with Crippen LogP contribution in [0.15, 0.2) is 65.7 Å². The first-order valence-electron chi connectivity index (χ1n) is 7.26. The Hall–Kier alpha value is -2.29. The Morgan fingerprint density at radius 3 is 1.86 bits per heavy atom. The molecule has 3 nitrogen and oxygen atoms in total. The molecule has 0 bridgehead atoms. The van der Waals surface area contributed by atoms with Gasteiger partial charge in [0, 0.05) is 13.0 Å². The highest BCUT2D eigenvalue weighted by atomic mass is 15.3. The predicted molar refractivity (Wildman–Crippen MR) is 87.4 cm³/mol. The number of guanidine groups is 1. The lowest BCUT2D eigenvalue weighted by Gasteiger charge is -2.41. The largest absolute Gasteiger partial charge is 0.370 e. The molecule has 1 aliphatic rings. The number of rotatable bonds is 3. The van der Waals surface area contributed by atoms with Crippen molar-refractivity contribution in [1.82, 2.24) is 4.90 Å². The van der Waals surface area contributed by atoms with Crippen LogP contribution in [0.3, 0.4) is 0 Å². The van der Waals surface area contributed by atoms with E-state index in [0.29, 0.717) is 12.5 Å². The van der Waals surface area contributed by atoms with Crippen LogP contribution in [-0.4, -0.2) is 30.0 Å². The predicted octanol–water partition coefficient (Wildman–Crippen LogP) is 2.84. The van der Waals surface area contributed by atoms with Crippen molar-refractivity contribution < 1.29 is 0 Å². The van der Waals surface area contributed by atoms with Gasteiger partial charge < -0.3 is 10.6 Å². The van der Waals surface area contributed by atoms with Gasteiger partial charge in [-0.1, -0.05) is 60.7 Å². The van der Waals surface area contributed by atoms with E-state index in [9.17, 15) is 0 Å². The van der Waals surface area contributed by atoms with Crippen LogP contribution in [0.5, 0.6) is 0 Å². The maximum atomic E-state index is 6.02. The van der Waals surface area contributed by atoms with Gasteiger partial charge in [-0.2, -0.15) is 0 Å². The normalized spacial score (nSPS) is 21.7. The molecule has 0 saturated heterocycles. The fourth-order valence-electron chi connectivity index (χ4n) is 3.20. The summed E-state index contributed by atoms with van der Waals surface area (Å²) >= 11 is 0. The van der Waals surface area contributed by atoms with E-state index in [0.717, 1.165) is 0 Å². The maximum Gasteiger partial charge on any atom is 0.191 e. The molecule has 2 aromatic rings. The van der Waals surface area contributed by atoms with Crippen LogP contribution >= 0.6 is 0 Å². The molecular formula is C18H21N3. The summed E-state index contributed by atoms with van der Waals surface area (Å²) in [6.45, 7) is 2.95. The summed E-state index contributed by atoms with van der Waals surface area (Å²) in [5.41, 5.74) is 8.47. The van der Waals surface area contributed by atoms with Gasteiger partial charge >= 0.3 is 0 Å². The molecule has 0 fully saturated rings. The first-order valence-corrected chi connectivity index (χ1v) is 7.26. The quantitative estimate of drug-likeness (QED) is 0.938. The minimum atomic E-state index is -0.146. The van der Waals surface area contributed by atoms with Gasteiger partial charge in [-0.05, 0) is 18.1 Å². The van der Waals surface area contributed by atoms with Gasteiger partial charge in [-0.15, -0.1) is 0 Å². The zero-order valence-electron chi connectivity index (χ0n) is 12.5. The number of nitrogens with two attached hydrogens (primary N) is 1. The Labute approximate surface area is 126 Å². The molecule has 1 aliphatic heterocycles. The first kappa shape index (κ1) is 13.7. The van der Waals surface area contributed by atoms with E-state index in [2.05, 4.69) is 77.5 Å². The lowest BCUT2D eigenvalue weighted by Crippen LogP contribution is -2.51. The molecule has 2 aromatic carbocycles. The van der Waals surface area contributed by atoms with Gasteiger partial charge in [0.25, 0.3) is 0 Å². The number of hydrogen-bond acceptors (Lipinski definition) is 3. The number of nitrogens with zero attached hydrogens (tertiary/aromatic N) is 2. The molecule has 0 saturated carbocycles. The second kappa shape index (κ2) is 5.24. The molecule has 0 spiro atoms. The maximum absolute atomic E-state index is 6.02. The third kappa shape index (κ3) is 2.29. The number of benzene rings is 2. The van der Waals surface area contributed by atoms with Crippen LogP contribution < -0.4 is 5.73 Å².